The number of carbonyl (C=O) groups excluding carboxylic acids is 1. The molecule has 3 heterocycles. The topological polar surface area (TPSA) is 46.3 Å². The van der Waals surface area contributed by atoms with Gasteiger partial charge >= 0.3 is 0 Å². The number of thiazole rings is 1. The summed E-state index contributed by atoms with van der Waals surface area (Å²) in [6, 6.07) is 3.79. The third kappa shape index (κ3) is 3.58. The molecule has 3 rings (SSSR count). The number of amides is 1. The zero-order chi connectivity index (χ0) is 15.4. The summed E-state index contributed by atoms with van der Waals surface area (Å²) in [6.07, 6.45) is 6.05. The van der Waals surface area contributed by atoms with Crippen molar-refractivity contribution in [1.29, 1.82) is 0 Å². The Morgan fingerprint density at radius 2 is 2.45 bits per heavy atom. The van der Waals surface area contributed by atoms with E-state index in [0.29, 0.717) is 18.8 Å². The summed E-state index contributed by atoms with van der Waals surface area (Å²) in [6.45, 7) is 3.82. The van der Waals surface area contributed by atoms with Gasteiger partial charge in [-0.15, -0.1) is 11.3 Å². The zero-order valence-electron chi connectivity index (χ0n) is 13.0. The van der Waals surface area contributed by atoms with Crippen LogP contribution in [-0.2, 0) is 17.6 Å². The fraction of sp³-hybridized carbons (Fsp3) is 0.529. The average Bonchev–Trinajstić information content (AvgIpc) is 3.24. The number of likely N-dealkylation sites (tertiary alicyclic amines) is 1. The third-order valence-electron chi connectivity index (χ3n) is 4.22. The fourth-order valence-corrected chi connectivity index (χ4v) is 3.95. The van der Waals surface area contributed by atoms with Gasteiger partial charge in [-0.2, -0.15) is 0 Å². The van der Waals surface area contributed by atoms with Gasteiger partial charge in [-0.05, 0) is 31.4 Å². The average molecular weight is 318 g/mol. The minimum atomic E-state index is 0.230. The second-order valence-corrected chi connectivity index (χ2v) is 6.68. The standard InChI is InChI=1S/C17H22N2O2S/c1-2-14-12-22-17(18-14)13-5-3-9-19(11-13)16(20)8-7-15-6-4-10-21-15/h4,6,10,12-13H,2-3,5,7-9,11H2,1H3/t13-/m0/s1. The van der Waals surface area contributed by atoms with Gasteiger partial charge in [0, 0.05) is 37.2 Å². The number of aryl methyl sites for hydroxylation is 2. The van der Waals surface area contributed by atoms with Crippen molar-refractivity contribution in [2.45, 2.75) is 44.9 Å². The number of nitrogens with zero attached hydrogens (tertiary/aromatic N) is 2. The minimum Gasteiger partial charge on any atom is -0.469 e. The summed E-state index contributed by atoms with van der Waals surface area (Å²) in [4.78, 5) is 19.1. The van der Waals surface area contributed by atoms with Gasteiger partial charge in [0.1, 0.15) is 5.76 Å². The van der Waals surface area contributed by atoms with E-state index in [-0.39, 0.29) is 5.91 Å². The Morgan fingerprint density at radius 3 is 3.18 bits per heavy atom. The summed E-state index contributed by atoms with van der Waals surface area (Å²) >= 11 is 1.74. The van der Waals surface area contributed by atoms with Crippen LogP contribution in [0, 0.1) is 0 Å². The summed E-state index contributed by atoms with van der Waals surface area (Å²) in [5.74, 6) is 1.52. The Morgan fingerprint density at radius 1 is 1.55 bits per heavy atom. The van der Waals surface area contributed by atoms with Crippen LogP contribution in [0.2, 0.25) is 0 Å². The molecule has 5 heteroatoms. The molecular weight excluding hydrogens is 296 g/mol. The van der Waals surface area contributed by atoms with E-state index in [2.05, 4.69) is 12.3 Å². The van der Waals surface area contributed by atoms with E-state index >= 15 is 0 Å². The number of piperidine rings is 1. The zero-order valence-corrected chi connectivity index (χ0v) is 13.8. The molecule has 22 heavy (non-hydrogen) atoms. The summed E-state index contributed by atoms with van der Waals surface area (Å²) in [5.41, 5.74) is 1.17. The van der Waals surface area contributed by atoms with Gasteiger partial charge in [0.2, 0.25) is 5.91 Å². The largest absolute Gasteiger partial charge is 0.469 e. The van der Waals surface area contributed by atoms with Crippen molar-refractivity contribution in [3.05, 3.63) is 40.2 Å². The van der Waals surface area contributed by atoms with Gasteiger partial charge in [-0.1, -0.05) is 6.92 Å². The first-order chi connectivity index (χ1) is 10.8. The molecule has 2 aromatic rings. The van der Waals surface area contributed by atoms with Crippen LogP contribution in [0.25, 0.3) is 0 Å². The van der Waals surface area contributed by atoms with Crippen LogP contribution in [-0.4, -0.2) is 28.9 Å². The predicted molar refractivity (Wildman–Crippen MR) is 87.1 cm³/mol. The number of aromatic nitrogens is 1. The van der Waals surface area contributed by atoms with Gasteiger partial charge in [-0.25, -0.2) is 4.98 Å². The molecule has 118 valence electrons. The van der Waals surface area contributed by atoms with Gasteiger partial charge in [0.15, 0.2) is 0 Å². The summed E-state index contributed by atoms with van der Waals surface area (Å²) in [7, 11) is 0. The maximum absolute atomic E-state index is 12.4. The van der Waals surface area contributed by atoms with Gasteiger partial charge < -0.3 is 9.32 Å². The van der Waals surface area contributed by atoms with E-state index in [4.69, 9.17) is 9.40 Å². The maximum atomic E-state index is 12.4. The molecule has 0 bridgehead atoms. The first kappa shape index (κ1) is 15.3. The van der Waals surface area contributed by atoms with Crippen LogP contribution in [0.3, 0.4) is 0 Å². The third-order valence-corrected chi connectivity index (χ3v) is 5.28. The molecule has 4 nitrogen and oxygen atoms in total. The van der Waals surface area contributed by atoms with Crippen molar-refractivity contribution in [2.75, 3.05) is 13.1 Å². The normalized spacial score (nSPS) is 18.6. The van der Waals surface area contributed by atoms with Crippen LogP contribution in [0.5, 0.6) is 0 Å². The van der Waals surface area contributed by atoms with Crippen molar-refractivity contribution >= 4 is 17.2 Å². The lowest BCUT2D eigenvalue weighted by Gasteiger charge is -2.32. The van der Waals surface area contributed by atoms with Crippen molar-refractivity contribution in [1.82, 2.24) is 9.88 Å². The molecule has 0 unspecified atom stereocenters. The van der Waals surface area contributed by atoms with Crippen molar-refractivity contribution in [2.24, 2.45) is 0 Å². The Kier molecular flexibility index (Phi) is 4.93. The Bertz CT molecular complexity index is 606. The fourth-order valence-electron chi connectivity index (χ4n) is 2.92. The number of rotatable bonds is 5. The van der Waals surface area contributed by atoms with Crippen LogP contribution in [0.1, 0.15) is 48.6 Å². The first-order valence-corrected chi connectivity index (χ1v) is 8.88. The SMILES string of the molecule is CCc1csc([C@H]2CCCN(C(=O)CCc3ccco3)C2)n1. The number of carbonyl (C=O) groups is 1. The number of hydrogen-bond acceptors (Lipinski definition) is 4. The molecule has 1 aliphatic rings. The smallest absolute Gasteiger partial charge is 0.223 e. The molecule has 0 spiro atoms. The molecule has 1 amide bonds. The lowest BCUT2D eigenvalue weighted by molar-refractivity contribution is -0.132. The highest BCUT2D eigenvalue weighted by Gasteiger charge is 2.26. The molecule has 0 radical (unpaired) electrons. The van der Waals surface area contributed by atoms with E-state index in [1.54, 1.807) is 17.6 Å². The molecule has 1 saturated heterocycles. The molecule has 0 aromatic carbocycles. The molecule has 0 aliphatic carbocycles. The van der Waals surface area contributed by atoms with Crippen LogP contribution < -0.4 is 0 Å². The van der Waals surface area contributed by atoms with Crippen molar-refractivity contribution < 1.29 is 9.21 Å². The molecule has 2 aromatic heterocycles. The molecule has 1 fully saturated rings. The second kappa shape index (κ2) is 7.09. The maximum Gasteiger partial charge on any atom is 0.223 e. The van der Waals surface area contributed by atoms with Crippen molar-refractivity contribution in [3.63, 3.8) is 0 Å². The Labute approximate surface area is 135 Å². The van der Waals surface area contributed by atoms with Crippen LogP contribution in [0.15, 0.2) is 28.2 Å². The highest BCUT2D eigenvalue weighted by Crippen LogP contribution is 2.29. The highest BCUT2D eigenvalue weighted by atomic mass is 32.1. The molecule has 0 N–H and O–H groups in total. The highest BCUT2D eigenvalue weighted by molar-refractivity contribution is 7.09. The van der Waals surface area contributed by atoms with Crippen LogP contribution >= 0.6 is 11.3 Å². The first-order valence-electron chi connectivity index (χ1n) is 8.00. The van der Waals surface area contributed by atoms with E-state index in [9.17, 15) is 4.79 Å². The summed E-state index contributed by atoms with van der Waals surface area (Å²) in [5, 5.41) is 3.34. The van der Waals surface area contributed by atoms with Crippen molar-refractivity contribution in [3.8, 4) is 0 Å². The quantitative estimate of drug-likeness (QED) is 0.845. The van der Waals surface area contributed by atoms with Crippen LogP contribution in [0.4, 0.5) is 0 Å². The monoisotopic (exact) mass is 318 g/mol. The van der Waals surface area contributed by atoms with Gasteiger partial charge in [0.25, 0.3) is 0 Å². The van der Waals surface area contributed by atoms with E-state index in [0.717, 1.165) is 38.1 Å². The Hall–Kier alpha value is -1.62. The summed E-state index contributed by atoms with van der Waals surface area (Å²) < 4.78 is 5.30. The number of hydrogen-bond donors (Lipinski definition) is 0. The van der Waals surface area contributed by atoms with E-state index in [1.165, 1.54) is 10.7 Å². The molecule has 1 aliphatic heterocycles. The van der Waals surface area contributed by atoms with E-state index < -0.39 is 0 Å². The Balaban J connectivity index is 1.56. The van der Waals surface area contributed by atoms with Gasteiger partial charge in [0.05, 0.1) is 17.0 Å². The second-order valence-electron chi connectivity index (χ2n) is 5.79. The lowest BCUT2D eigenvalue weighted by atomic mass is 9.98. The van der Waals surface area contributed by atoms with E-state index in [1.807, 2.05) is 17.0 Å². The molecule has 0 saturated carbocycles. The molecular formula is C17H22N2O2S. The molecule has 1 atom stereocenters. The van der Waals surface area contributed by atoms with Gasteiger partial charge in [-0.3, -0.25) is 4.79 Å². The minimum absolute atomic E-state index is 0.230. The predicted octanol–water partition coefficient (Wildman–Crippen LogP) is 3.64. The lowest BCUT2D eigenvalue weighted by Crippen LogP contribution is -2.39. The number of furan rings is 1.